The van der Waals surface area contributed by atoms with Crippen LogP contribution in [0.5, 0.6) is 5.75 Å². The fourth-order valence-electron chi connectivity index (χ4n) is 1.70. The maximum Gasteiger partial charge on any atom is 0.315 e. The molecule has 0 radical (unpaired) electrons. The minimum absolute atomic E-state index is 0.120. The first kappa shape index (κ1) is 16.3. The van der Waals surface area contributed by atoms with Crippen LogP contribution in [0.15, 0.2) is 35.7 Å². The summed E-state index contributed by atoms with van der Waals surface area (Å²) < 4.78 is 5.40. The molecule has 0 aliphatic heterocycles. The van der Waals surface area contributed by atoms with Gasteiger partial charge in [-0.15, -0.1) is 11.3 Å². The number of para-hydroxylation sites is 1. The molecule has 0 aliphatic rings. The number of amides is 2. The predicted octanol–water partition coefficient (Wildman–Crippen LogP) is 1.69. The molecular formula is C15H19N3O3S. The summed E-state index contributed by atoms with van der Waals surface area (Å²) in [4.78, 5) is 15.9. The van der Waals surface area contributed by atoms with Gasteiger partial charge in [-0.05, 0) is 19.1 Å². The molecule has 22 heavy (non-hydrogen) atoms. The number of carbonyl (C=O) groups excluding carboxylic acids is 1. The van der Waals surface area contributed by atoms with E-state index in [1.165, 1.54) is 11.3 Å². The van der Waals surface area contributed by atoms with E-state index < -0.39 is 6.10 Å². The number of nitrogens with one attached hydrogen (secondary N) is 2. The summed E-state index contributed by atoms with van der Waals surface area (Å²) in [5, 5.41) is 17.9. The SMILES string of the molecule is Cc1nc(CNC(=O)NCC(O)COc2ccccc2)cs1. The Balaban J connectivity index is 1.61. The summed E-state index contributed by atoms with van der Waals surface area (Å²) >= 11 is 1.54. The molecule has 0 fully saturated rings. The van der Waals surface area contributed by atoms with E-state index in [0.29, 0.717) is 12.3 Å². The first-order chi connectivity index (χ1) is 10.6. The van der Waals surface area contributed by atoms with Gasteiger partial charge < -0.3 is 20.5 Å². The van der Waals surface area contributed by atoms with Gasteiger partial charge in [-0.2, -0.15) is 0 Å². The fraction of sp³-hybridized carbons (Fsp3) is 0.333. The van der Waals surface area contributed by atoms with E-state index in [9.17, 15) is 9.90 Å². The number of carbonyl (C=O) groups is 1. The number of thiazole rings is 1. The molecule has 1 atom stereocenters. The lowest BCUT2D eigenvalue weighted by Gasteiger charge is -2.13. The van der Waals surface area contributed by atoms with Gasteiger partial charge in [0.25, 0.3) is 0 Å². The van der Waals surface area contributed by atoms with Crippen molar-refractivity contribution in [2.24, 2.45) is 0 Å². The molecule has 6 nitrogen and oxygen atoms in total. The van der Waals surface area contributed by atoms with Crippen molar-refractivity contribution < 1.29 is 14.6 Å². The summed E-state index contributed by atoms with van der Waals surface area (Å²) in [6, 6.07) is 8.87. The fourth-order valence-corrected chi connectivity index (χ4v) is 2.31. The number of hydrogen-bond acceptors (Lipinski definition) is 5. The van der Waals surface area contributed by atoms with Gasteiger partial charge in [0.2, 0.25) is 0 Å². The van der Waals surface area contributed by atoms with E-state index in [-0.39, 0.29) is 19.2 Å². The van der Waals surface area contributed by atoms with Crippen molar-refractivity contribution in [1.82, 2.24) is 15.6 Å². The molecule has 1 heterocycles. The third-order valence-electron chi connectivity index (χ3n) is 2.78. The predicted molar refractivity (Wildman–Crippen MR) is 85.0 cm³/mol. The lowest BCUT2D eigenvalue weighted by molar-refractivity contribution is 0.108. The van der Waals surface area contributed by atoms with Crippen molar-refractivity contribution in [3.63, 3.8) is 0 Å². The number of benzene rings is 1. The van der Waals surface area contributed by atoms with E-state index >= 15 is 0 Å². The number of urea groups is 1. The number of aryl methyl sites for hydroxylation is 1. The third kappa shape index (κ3) is 5.71. The minimum Gasteiger partial charge on any atom is -0.491 e. The number of aromatic nitrogens is 1. The molecule has 0 saturated carbocycles. The highest BCUT2D eigenvalue weighted by Crippen LogP contribution is 2.08. The molecule has 2 amide bonds. The Hall–Kier alpha value is -2.12. The summed E-state index contributed by atoms with van der Waals surface area (Å²) in [5.41, 5.74) is 0.825. The highest BCUT2D eigenvalue weighted by Gasteiger charge is 2.08. The average Bonchev–Trinajstić information content (AvgIpc) is 2.95. The van der Waals surface area contributed by atoms with Crippen molar-refractivity contribution in [2.45, 2.75) is 19.6 Å². The van der Waals surface area contributed by atoms with Crippen LogP contribution in [0.3, 0.4) is 0 Å². The van der Waals surface area contributed by atoms with Crippen LogP contribution < -0.4 is 15.4 Å². The molecule has 1 aromatic heterocycles. The standard InChI is InChI=1S/C15H19N3O3S/c1-11-18-12(10-22-11)7-16-15(20)17-8-13(19)9-21-14-5-3-2-4-6-14/h2-6,10,13,19H,7-9H2,1H3,(H2,16,17,20). The Bertz CT molecular complexity index is 589. The molecular weight excluding hydrogens is 302 g/mol. The Labute approximate surface area is 133 Å². The highest BCUT2D eigenvalue weighted by molar-refractivity contribution is 7.09. The molecule has 0 bridgehead atoms. The van der Waals surface area contributed by atoms with Crippen LogP contribution in [0.2, 0.25) is 0 Å². The minimum atomic E-state index is -0.771. The van der Waals surface area contributed by atoms with Gasteiger partial charge >= 0.3 is 6.03 Å². The molecule has 2 aromatic rings. The summed E-state index contributed by atoms with van der Waals surface area (Å²) in [5.74, 6) is 0.685. The van der Waals surface area contributed by atoms with Crippen LogP contribution in [0.4, 0.5) is 4.79 Å². The van der Waals surface area contributed by atoms with Crippen LogP contribution in [0, 0.1) is 6.92 Å². The van der Waals surface area contributed by atoms with Crippen molar-refractivity contribution >= 4 is 17.4 Å². The van der Waals surface area contributed by atoms with Crippen molar-refractivity contribution in [2.75, 3.05) is 13.2 Å². The largest absolute Gasteiger partial charge is 0.491 e. The molecule has 1 aromatic carbocycles. The molecule has 0 spiro atoms. The summed E-state index contributed by atoms with van der Waals surface area (Å²) in [6.45, 7) is 2.52. The molecule has 3 N–H and O–H groups in total. The molecule has 118 valence electrons. The number of hydrogen-bond donors (Lipinski definition) is 3. The summed E-state index contributed by atoms with van der Waals surface area (Å²) in [6.07, 6.45) is -0.771. The van der Waals surface area contributed by atoms with Gasteiger partial charge in [0.05, 0.1) is 17.2 Å². The maximum absolute atomic E-state index is 11.6. The first-order valence-electron chi connectivity index (χ1n) is 6.92. The van der Waals surface area contributed by atoms with Crippen molar-refractivity contribution in [3.05, 3.63) is 46.4 Å². The van der Waals surface area contributed by atoms with Crippen LogP contribution in [-0.2, 0) is 6.54 Å². The van der Waals surface area contributed by atoms with Gasteiger partial charge in [0.15, 0.2) is 0 Å². The lowest BCUT2D eigenvalue weighted by Crippen LogP contribution is -2.41. The molecule has 2 rings (SSSR count). The van der Waals surface area contributed by atoms with Crippen LogP contribution >= 0.6 is 11.3 Å². The summed E-state index contributed by atoms with van der Waals surface area (Å²) in [7, 11) is 0. The van der Waals surface area contributed by atoms with Crippen LogP contribution in [0.25, 0.3) is 0 Å². The van der Waals surface area contributed by atoms with Crippen LogP contribution in [-0.4, -0.2) is 35.4 Å². The monoisotopic (exact) mass is 321 g/mol. The zero-order valence-electron chi connectivity index (χ0n) is 12.3. The zero-order chi connectivity index (χ0) is 15.8. The van der Waals surface area contributed by atoms with Gasteiger partial charge in [-0.3, -0.25) is 0 Å². The quantitative estimate of drug-likeness (QED) is 0.725. The van der Waals surface area contributed by atoms with E-state index in [1.54, 1.807) is 0 Å². The normalized spacial score (nSPS) is 11.7. The Kier molecular flexibility index (Phi) is 6.17. The molecule has 1 unspecified atom stereocenters. The molecule has 7 heteroatoms. The van der Waals surface area contributed by atoms with Gasteiger partial charge in [-0.25, -0.2) is 9.78 Å². The topological polar surface area (TPSA) is 83.5 Å². The Morgan fingerprint density at radius 3 is 2.82 bits per heavy atom. The van der Waals surface area contributed by atoms with E-state index in [4.69, 9.17) is 4.74 Å². The lowest BCUT2D eigenvalue weighted by atomic mass is 10.3. The van der Waals surface area contributed by atoms with Gasteiger partial charge in [0, 0.05) is 11.9 Å². The second-order valence-electron chi connectivity index (χ2n) is 4.70. The molecule has 0 saturated heterocycles. The Morgan fingerprint density at radius 1 is 1.36 bits per heavy atom. The second kappa shape index (κ2) is 8.35. The van der Waals surface area contributed by atoms with Gasteiger partial charge in [-0.1, -0.05) is 18.2 Å². The van der Waals surface area contributed by atoms with Crippen LogP contribution in [0.1, 0.15) is 10.7 Å². The number of ether oxygens (including phenoxy) is 1. The zero-order valence-corrected chi connectivity index (χ0v) is 13.1. The maximum atomic E-state index is 11.6. The number of aliphatic hydroxyl groups is 1. The van der Waals surface area contributed by atoms with E-state index in [2.05, 4.69) is 15.6 Å². The number of nitrogens with zero attached hydrogens (tertiary/aromatic N) is 1. The van der Waals surface area contributed by atoms with Crippen molar-refractivity contribution in [1.29, 1.82) is 0 Å². The van der Waals surface area contributed by atoms with E-state index in [0.717, 1.165) is 10.7 Å². The number of rotatable bonds is 7. The first-order valence-corrected chi connectivity index (χ1v) is 7.80. The van der Waals surface area contributed by atoms with Gasteiger partial charge in [0.1, 0.15) is 18.5 Å². The molecule has 0 aliphatic carbocycles. The third-order valence-corrected chi connectivity index (χ3v) is 3.60. The van der Waals surface area contributed by atoms with E-state index in [1.807, 2.05) is 42.6 Å². The smallest absolute Gasteiger partial charge is 0.315 e. The number of aliphatic hydroxyl groups excluding tert-OH is 1. The van der Waals surface area contributed by atoms with Crippen molar-refractivity contribution in [3.8, 4) is 5.75 Å². The average molecular weight is 321 g/mol. The second-order valence-corrected chi connectivity index (χ2v) is 5.76. The highest BCUT2D eigenvalue weighted by atomic mass is 32.1. The Morgan fingerprint density at radius 2 is 2.14 bits per heavy atom.